The van der Waals surface area contributed by atoms with Gasteiger partial charge in [-0.3, -0.25) is 4.79 Å². The average Bonchev–Trinajstić information content (AvgIpc) is 3.14. The lowest BCUT2D eigenvalue weighted by Gasteiger charge is -2.05. The van der Waals surface area contributed by atoms with Crippen molar-refractivity contribution in [2.75, 3.05) is 20.0 Å². The molecule has 170 valence electrons. The van der Waals surface area contributed by atoms with Crippen molar-refractivity contribution in [1.29, 1.82) is 0 Å². The molecule has 0 atom stereocenters. The first kappa shape index (κ1) is 23.1. The third-order valence-electron chi connectivity index (χ3n) is 5.25. The molecule has 0 aliphatic carbocycles. The number of carbonyl (C=O) groups is 1. The number of nitrogens with zero attached hydrogens (tertiary/aromatic N) is 2. The molecule has 1 aromatic heterocycles. The van der Waals surface area contributed by atoms with E-state index in [2.05, 4.69) is 17.1 Å². The van der Waals surface area contributed by atoms with E-state index in [4.69, 9.17) is 4.74 Å². The van der Waals surface area contributed by atoms with Gasteiger partial charge in [-0.15, -0.1) is 0 Å². The van der Waals surface area contributed by atoms with Crippen LogP contribution in [0.5, 0.6) is 0 Å². The van der Waals surface area contributed by atoms with Crippen LogP contribution in [0.2, 0.25) is 0 Å². The Kier molecular flexibility index (Phi) is 6.88. The third-order valence-corrected chi connectivity index (χ3v) is 7.40. The molecule has 0 bridgehead atoms. The van der Waals surface area contributed by atoms with Gasteiger partial charge in [0, 0.05) is 25.5 Å². The molecule has 0 N–H and O–H groups in total. The number of carbonyl (C=O) groups excluding carboxylic acids is 1. The Morgan fingerprint density at radius 2 is 1.70 bits per heavy atom. The van der Waals surface area contributed by atoms with E-state index in [0.29, 0.717) is 23.5 Å². The number of rotatable bonds is 7. The molecule has 0 spiro atoms. The average molecular weight is 481 g/mol. The summed E-state index contributed by atoms with van der Waals surface area (Å²) in [5.74, 6) is -0.345. The van der Waals surface area contributed by atoms with Crippen LogP contribution in [0.4, 0.5) is 0 Å². The molecular weight excluding hydrogens is 456 g/mol. The maximum absolute atomic E-state index is 12.9. The Hall–Kier alpha value is -3.07. The van der Waals surface area contributed by atoms with Gasteiger partial charge in [0.15, 0.2) is 14.6 Å². The van der Waals surface area contributed by atoms with E-state index in [-0.39, 0.29) is 10.8 Å². The summed E-state index contributed by atoms with van der Waals surface area (Å²) < 4.78 is 31.7. The maximum Gasteiger partial charge on any atom is 0.279 e. The lowest BCUT2D eigenvalue weighted by molar-refractivity contribution is 0.0997. The SMILES string of the molecule is COCCn1c(=NC(=O)c2ccc(Cc3ccccc3)cc2)sc2cc(S(C)(=O)=O)ccc21. The van der Waals surface area contributed by atoms with Crippen molar-refractivity contribution in [1.82, 2.24) is 4.57 Å². The van der Waals surface area contributed by atoms with Gasteiger partial charge < -0.3 is 9.30 Å². The molecule has 1 amide bonds. The summed E-state index contributed by atoms with van der Waals surface area (Å²) in [6.45, 7) is 0.937. The molecule has 0 unspecified atom stereocenters. The minimum atomic E-state index is -3.33. The number of fused-ring (bicyclic) bond motifs is 1. The molecule has 4 aromatic rings. The standard InChI is InChI=1S/C25H24N2O4S2/c1-31-15-14-27-22-13-12-21(33(2,29)30)17-23(22)32-25(27)26-24(28)20-10-8-19(9-11-20)16-18-6-4-3-5-7-18/h3-13,17H,14-16H2,1-2H3. The Morgan fingerprint density at radius 1 is 1.00 bits per heavy atom. The Labute approximate surface area is 196 Å². The van der Waals surface area contributed by atoms with E-state index < -0.39 is 9.84 Å². The molecule has 1 heterocycles. The van der Waals surface area contributed by atoms with Crippen molar-refractivity contribution < 1.29 is 17.9 Å². The molecule has 0 aliphatic rings. The van der Waals surface area contributed by atoms with Crippen LogP contribution in [0.1, 0.15) is 21.5 Å². The monoisotopic (exact) mass is 480 g/mol. The molecule has 3 aromatic carbocycles. The van der Waals surface area contributed by atoms with Gasteiger partial charge in [-0.05, 0) is 47.9 Å². The number of ether oxygens (including phenoxy) is 1. The molecule has 0 fully saturated rings. The molecular formula is C25H24N2O4S2. The quantitative estimate of drug-likeness (QED) is 0.399. The summed E-state index contributed by atoms with van der Waals surface area (Å²) >= 11 is 1.29. The molecule has 8 heteroatoms. The Balaban J connectivity index is 1.67. The number of amides is 1. The number of sulfone groups is 1. The second-order valence-corrected chi connectivity index (χ2v) is 10.7. The number of benzene rings is 3. The van der Waals surface area contributed by atoms with E-state index in [1.165, 1.54) is 23.2 Å². The van der Waals surface area contributed by atoms with Crippen molar-refractivity contribution >= 4 is 37.3 Å². The maximum atomic E-state index is 12.9. The predicted molar refractivity (Wildman–Crippen MR) is 130 cm³/mol. The van der Waals surface area contributed by atoms with Crippen LogP contribution in [0.25, 0.3) is 10.2 Å². The Bertz CT molecular complexity index is 1450. The predicted octanol–water partition coefficient (Wildman–Crippen LogP) is 4.08. The normalized spacial score (nSPS) is 12.4. The van der Waals surface area contributed by atoms with Crippen LogP contribution in [-0.2, 0) is 27.5 Å². The van der Waals surface area contributed by atoms with Crippen molar-refractivity contribution in [2.24, 2.45) is 4.99 Å². The number of hydrogen-bond acceptors (Lipinski definition) is 5. The molecule has 4 rings (SSSR count). The topological polar surface area (TPSA) is 77.7 Å². The van der Waals surface area contributed by atoms with E-state index in [9.17, 15) is 13.2 Å². The summed E-state index contributed by atoms with van der Waals surface area (Å²) in [4.78, 5) is 18.0. The second-order valence-electron chi connectivity index (χ2n) is 7.71. The van der Waals surface area contributed by atoms with Gasteiger partial charge in [0.25, 0.3) is 5.91 Å². The third kappa shape index (κ3) is 5.47. The van der Waals surface area contributed by atoms with E-state index in [0.717, 1.165) is 22.2 Å². The number of aromatic nitrogens is 1. The van der Waals surface area contributed by atoms with E-state index in [1.807, 2.05) is 34.9 Å². The summed E-state index contributed by atoms with van der Waals surface area (Å²) in [6, 6.07) is 22.6. The first-order valence-electron chi connectivity index (χ1n) is 10.4. The zero-order chi connectivity index (χ0) is 23.4. The first-order valence-corrected chi connectivity index (χ1v) is 13.1. The van der Waals surface area contributed by atoms with Crippen molar-refractivity contribution in [3.63, 3.8) is 0 Å². The highest BCUT2D eigenvalue weighted by atomic mass is 32.2. The van der Waals surface area contributed by atoms with Crippen LogP contribution in [-0.4, -0.2) is 38.9 Å². The molecule has 0 saturated heterocycles. The lowest BCUT2D eigenvalue weighted by atomic mass is 10.0. The Morgan fingerprint density at radius 3 is 2.36 bits per heavy atom. The van der Waals surface area contributed by atoms with Gasteiger partial charge in [0.05, 0.1) is 21.7 Å². The van der Waals surface area contributed by atoms with Gasteiger partial charge in [-0.1, -0.05) is 53.8 Å². The molecule has 6 nitrogen and oxygen atoms in total. The second kappa shape index (κ2) is 9.82. The van der Waals surface area contributed by atoms with Gasteiger partial charge in [0.1, 0.15) is 0 Å². The molecule has 0 aliphatic heterocycles. The smallest absolute Gasteiger partial charge is 0.279 e. The van der Waals surface area contributed by atoms with Gasteiger partial charge in [-0.2, -0.15) is 4.99 Å². The van der Waals surface area contributed by atoms with Crippen LogP contribution in [0.15, 0.2) is 82.7 Å². The van der Waals surface area contributed by atoms with Crippen molar-refractivity contribution in [2.45, 2.75) is 17.9 Å². The summed E-state index contributed by atoms with van der Waals surface area (Å²) in [6.07, 6.45) is 1.97. The zero-order valence-corrected chi connectivity index (χ0v) is 20.0. The number of methoxy groups -OCH3 is 1. The lowest BCUT2D eigenvalue weighted by Crippen LogP contribution is -2.19. The van der Waals surface area contributed by atoms with Gasteiger partial charge in [-0.25, -0.2) is 8.42 Å². The highest BCUT2D eigenvalue weighted by molar-refractivity contribution is 7.90. The fourth-order valence-electron chi connectivity index (χ4n) is 3.52. The van der Waals surface area contributed by atoms with E-state index >= 15 is 0 Å². The summed E-state index contributed by atoms with van der Waals surface area (Å²) in [5, 5.41) is 0. The first-order chi connectivity index (χ1) is 15.8. The number of hydrogen-bond donors (Lipinski definition) is 0. The minimum absolute atomic E-state index is 0.238. The molecule has 33 heavy (non-hydrogen) atoms. The highest BCUT2D eigenvalue weighted by Gasteiger charge is 2.13. The zero-order valence-electron chi connectivity index (χ0n) is 18.4. The van der Waals surface area contributed by atoms with Crippen LogP contribution in [0.3, 0.4) is 0 Å². The molecule has 0 saturated carbocycles. The highest BCUT2D eigenvalue weighted by Crippen LogP contribution is 2.22. The van der Waals surface area contributed by atoms with Crippen LogP contribution < -0.4 is 4.80 Å². The van der Waals surface area contributed by atoms with Gasteiger partial charge >= 0.3 is 0 Å². The summed E-state index contributed by atoms with van der Waals surface area (Å²) in [7, 11) is -1.73. The van der Waals surface area contributed by atoms with Crippen LogP contribution in [0, 0.1) is 0 Å². The van der Waals surface area contributed by atoms with Gasteiger partial charge in [0.2, 0.25) is 0 Å². The summed E-state index contributed by atoms with van der Waals surface area (Å²) in [5.41, 5.74) is 3.64. The fraction of sp³-hybridized carbons (Fsp3) is 0.200. The van der Waals surface area contributed by atoms with Crippen molar-refractivity contribution in [3.8, 4) is 0 Å². The largest absolute Gasteiger partial charge is 0.383 e. The molecule has 0 radical (unpaired) electrons. The number of thiazole rings is 1. The fourth-order valence-corrected chi connectivity index (χ4v) is 5.33. The van der Waals surface area contributed by atoms with Crippen molar-refractivity contribution in [3.05, 3.63) is 94.3 Å². The minimum Gasteiger partial charge on any atom is -0.383 e. The van der Waals surface area contributed by atoms with E-state index in [1.54, 1.807) is 37.4 Å². The van der Waals surface area contributed by atoms with Crippen LogP contribution >= 0.6 is 11.3 Å².